The van der Waals surface area contributed by atoms with Crippen molar-refractivity contribution < 1.29 is 14.0 Å². The minimum Gasteiger partial charge on any atom is -0.464 e. The number of nitrogens with zero attached hydrogens (tertiary/aromatic N) is 1. The number of furan rings is 1. The second-order valence-electron chi connectivity index (χ2n) is 8.11. The van der Waals surface area contributed by atoms with Crippen molar-refractivity contribution in [2.45, 2.75) is 46.5 Å². The van der Waals surface area contributed by atoms with Crippen LogP contribution in [0, 0.1) is 6.92 Å². The van der Waals surface area contributed by atoms with E-state index in [-0.39, 0.29) is 24.8 Å². The molecule has 3 rings (SSSR count). The normalized spacial score (nSPS) is 11.1. The molecule has 0 spiro atoms. The van der Waals surface area contributed by atoms with Crippen LogP contribution >= 0.6 is 0 Å². The molecule has 1 heterocycles. The van der Waals surface area contributed by atoms with Gasteiger partial charge < -0.3 is 14.6 Å². The lowest BCUT2D eigenvalue weighted by Gasteiger charge is -2.17. The van der Waals surface area contributed by atoms with Gasteiger partial charge in [-0.2, -0.15) is 0 Å². The van der Waals surface area contributed by atoms with Crippen molar-refractivity contribution in [3.63, 3.8) is 0 Å². The molecule has 1 aromatic heterocycles. The molecule has 5 heteroatoms. The number of carbonyl (C=O) groups excluding carboxylic acids is 2. The highest BCUT2D eigenvalue weighted by molar-refractivity contribution is 5.96. The van der Waals surface area contributed by atoms with E-state index in [4.69, 9.17) is 4.42 Å². The van der Waals surface area contributed by atoms with E-state index in [1.807, 2.05) is 37.3 Å². The summed E-state index contributed by atoms with van der Waals surface area (Å²) in [5.74, 6) is 0.0649. The van der Waals surface area contributed by atoms with Crippen LogP contribution in [-0.2, 0) is 22.4 Å². The summed E-state index contributed by atoms with van der Waals surface area (Å²) in [5, 5.41) is 3.88. The Morgan fingerprint density at radius 2 is 1.87 bits per heavy atom. The Morgan fingerprint density at radius 3 is 2.57 bits per heavy atom. The summed E-state index contributed by atoms with van der Waals surface area (Å²) >= 11 is 0. The number of carbonyl (C=O) groups is 2. The first-order valence-electron chi connectivity index (χ1n) is 10.4. The van der Waals surface area contributed by atoms with Crippen molar-refractivity contribution in [1.82, 2.24) is 4.90 Å². The maximum absolute atomic E-state index is 12.8. The zero-order chi connectivity index (χ0) is 21.8. The molecule has 0 fully saturated rings. The van der Waals surface area contributed by atoms with Crippen molar-refractivity contribution in [3.8, 4) is 0 Å². The first-order chi connectivity index (χ1) is 14.3. The number of hydrogen-bond donors (Lipinski definition) is 1. The molecular formula is C25H30N2O3. The third kappa shape index (κ3) is 4.73. The molecule has 0 saturated carbocycles. The standard InChI is InChI=1S/C25H30N2O3/c1-6-18-9-7-8-10-22(18)26-24(28)14-27(5)25(29)12-19-15-30-23-11-17(4)20(16(2)3)13-21(19)23/h7-11,13,15-16H,6,12,14H2,1-5H3,(H,26,28). The lowest BCUT2D eigenvalue weighted by Crippen LogP contribution is -2.35. The van der Waals surface area contributed by atoms with E-state index in [2.05, 4.69) is 32.2 Å². The molecule has 158 valence electrons. The number of nitrogens with one attached hydrogen (secondary N) is 1. The van der Waals surface area contributed by atoms with Gasteiger partial charge >= 0.3 is 0 Å². The molecule has 0 radical (unpaired) electrons. The number of rotatable bonds is 7. The summed E-state index contributed by atoms with van der Waals surface area (Å²) in [6.07, 6.45) is 2.68. The van der Waals surface area contributed by atoms with Crippen molar-refractivity contribution in [2.75, 3.05) is 18.9 Å². The zero-order valence-electron chi connectivity index (χ0n) is 18.4. The number of aryl methyl sites for hydroxylation is 2. The molecule has 5 nitrogen and oxygen atoms in total. The van der Waals surface area contributed by atoms with Crippen LogP contribution < -0.4 is 5.32 Å². The van der Waals surface area contributed by atoms with Gasteiger partial charge in [-0.15, -0.1) is 0 Å². The van der Waals surface area contributed by atoms with Crippen LogP contribution in [0.4, 0.5) is 5.69 Å². The Hall–Kier alpha value is -3.08. The minimum atomic E-state index is -0.207. The number of benzene rings is 2. The van der Waals surface area contributed by atoms with Gasteiger partial charge in [0.2, 0.25) is 11.8 Å². The topological polar surface area (TPSA) is 62.6 Å². The number of amides is 2. The zero-order valence-corrected chi connectivity index (χ0v) is 18.4. The molecule has 30 heavy (non-hydrogen) atoms. The highest BCUT2D eigenvalue weighted by atomic mass is 16.3. The van der Waals surface area contributed by atoms with Gasteiger partial charge in [-0.1, -0.05) is 39.0 Å². The van der Waals surface area contributed by atoms with Gasteiger partial charge in [-0.3, -0.25) is 9.59 Å². The SMILES string of the molecule is CCc1ccccc1NC(=O)CN(C)C(=O)Cc1coc2cc(C)c(C(C)C)cc12. The van der Waals surface area contributed by atoms with E-state index < -0.39 is 0 Å². The average molecular weight is 407 g/mol. The first-order valence-corrected chi connectivity index (χ1v) is 10.4. The number of para-hydroxylation sites is 1. The number of anilines is 1. The summed E-state index contributed by atoms with van der Waals surface area (Å²) in [6.45, 7) is 8.43. The predicted octanol–water partition coefficient (Wildman–Crippen LogP) is 5.07. The fourth-order valence-corrected chi connectivity index (χ4v) is 3.75. The van der Waals surface area contributed by atoms with E-state index in [9.17, 15) is 9.59 Å². The van der Waals surface area contributed by atoms with Gasteiger partial charge in [0.05, 0.1) is 19.2 Å². The molecule has 0 aliphatic rings. The van der Waals surface area contributed by atoms with Gasteiger partial charge in [0.25, 0.3) is 0 Å². The van der Waals surface area contributed by atoms with Crippen LogP contribution in [0.1, 0.15) is 48.9 Å². The monoisotopic (exact) mass is 406 g/mol. The molecule has 1 N–H and O–H groups in total. The molecule has 0 bridgehead atoms. The number of fused-ring (bicyclic) bond motifs is 1. The Labute approximate surface area is 178 Å². The minimum absolute atomic E-state index is 0.00299. The quantitative estimate of drug-likeness (QED) is 0.596. The van der Waals surface area contributed by atoms with E-state index in [1.165, 1.54) is 16.0 Å². The maximum atomic E-state index is 12.8. The molecule has 0 aliphatic carbocycles. The third-order valence-corrected chi connectivity index (χ3v) is 5.48. The third-order valence-electron chi connectivity index (χ3n) is 5.48. The van der Waals surface area contributed by atoms with Gasteiger partial charge in [-0.25, -0.2) is 0 Å². The average Bonchev–Trinajstić information content (AvgIpc) is 3.08. The number of likely N-dealkylation sites (N-methyl/N-ethyl adjacent to an activating group) is 1. The highest BCUT2D eigenvalue weighted by Crippen LogP contribution is 2.29. The number of hydrogen-bond acceptors (Lipinski definition) is 3. The summed E-state index contributed by atoms with van der Waals surface area (Å²) in [5.41, 5.74) is 5.94. The molecule has 0 saturated heterocycles. The Bertz CT molecular complexity index is 1070. The molecule has 2 amide bonds. The van der Waals surface area contributed by atoms with E-state index in [0.717, 1.165) is 34.2 Å². The largest absolute Gasteiger partial charge is 0.464 e. The van der Waals surface area contributed by atoms with Gasteiger partial charge in [0, 0.05) is 23.7 Å². The van der Waals surface area contributed by atoms with E-state index in [0.29, 0.717) is 5.92 Å². The maximum Gasteiger partial charge on any atom is 0.243 e. The summed E-state index contributed by atoms with van der Waals surface area (Å²) in [4.78, 5) is 26.7. The smallest absolute Gasteiger partial charge is 0.243 e. The second-order valence-corrected chi connectivity index (χ2v) is 8.11. The predicted molar refractivity (Wildman–Crippen MR) is 121 cm³/mol. The second kappa shape index (κ2) is 9.16. The molecular weight excluding hydrogens is 376 g/mol. The van der Waals surface area contributed by atoms with E-state index in [1.54, 1.807) is 13.3 Å². The van der Waals surface area contributed by atoms with Crippen LogP contribution in [0.2, 0.25) is 0 Å². The lowest BCUT2D eigenvalue weighted by atomic mass is 9.95. The summed E-state index contributed by atoms with van der Waals surface area (Å²) in [7, 11) is 1.65. The Morgan fingerprint density at radius 1 is 1.13 bits per heavy atom. The van der Waals surface area contributed by atoms with Crippen LogP contribution in [0.5, 0.6) is 0 Å². The highest BCUT2D eigenvalue weighted by Gasteiger charge is 2.18. The van der Waals surface area contributed by atoms with E-state index >= 15 is 0 Å². The van der Waals surface area contributed by atoms with Crippen molar-refractivity contribution in [1.29, 1.82) is 0 Å². The van der Waals surface area contributed by atoms with Crippen molar-refractivity contribution >= 4 is 28.5 Å². The fourth-order valence-electron chi connectivity index (χ4n) is 3.75. The first kappa shape index (κ1) is 21.6. The molecule has 0 atom stereocenters. The van der Waals surface area contributed by atoms with Crippen LogP contribution in [0.25, 0.3) is 11.0 Å². The van der Waals surface area contributed by atoms with Crippen molar-refractivity contribution in [3.05, 3.63) is 64.9 Å². The molecule has 3 aromatic rings. The van der Waals surface area contributed by atoms with Crippen LogP contribution in [0.3, 0.4) is 0 Å². The van der Waals surface area contributed by atoms with Crippen molar-refractivity contribution in [2.24, 2.45) is 0 Å². The molecule has 0 unspecified atom stereocenters. The van der Waals surface area contributed by atoms with Crippen LogP contribution in [0.15, 0.2) is 47.1 Å². The Balaban J connectivity index is 1.68. The summed E-state index contributed by atoms with van der Waals surface area (Å²) < 4.78 is 5.68. The van der Waals surface area contributed by atoms with Crippen LogP contribution in [-0.4, -0.2) is 30.3 Å². The molecule has 0 aliphatic heterocycles. The molecule has 2 aromatic carbocycles. The van der Waals surface area contributed by atoms with Gasteiger partial charge in [0.1, 0.15) is 5.58 Å². The van der Waals surface area contributed by atoms with Gasteiger partial charge in [0.15, 0.2) is 0 Å². The lowest BCUT2D eigenvalue weighted by molar-refractivity contribution is -0.132. The Kier molecular flexibility index (Phi) is 6.60. The van der Waals surface area contributed by atoms with Gasteiger partial charge in [-0.05, 0) is 54.2 Å². The fraction of sp³-hybridized carbons (Fsp3) is 0.360. The summed E-state index contributed by atoms with van der Waals surface area (Å²) in [6, 6.07) is 11.9.